The lowest BCUT2D eigenvalue weighted by Crippen LogP contribution is -2.27. The van der Waals surface area contributed by atoms with Crippen molar-refractivity contribution < 1.29 is 37.3 Å². The van der Waals surface area contributed by atoms with E-state index in [1.807, 2.05) is 73.1 Å². The van der Waals surface area contributed by atoms with Crippen LogP contribution in [0.3, 0.4) is 0 Å². The average molecular weight is 730 g/mol. The van der Waals surface area contributed by atoms with Crippen LogP contribution in [-0.2, 0) is 32.3 Å². The molecule has 0 radical (unpaired) electrons. The summed E-state index contributed by atoms with van der Waals surface area (Å²) in [6.07, 6.45) is 11.6. The van der Waals surface area contributed by atoms with Gasteiger partial charge >= 0.3 is 5.97 Å². The molecule has 13 nitrogen and oxygen atoms in total. The minimum absolute atomic E-state index is 0.0844. The fourth-order valence-electron chi connectivity index (χ4n) is 7.09. The Hall–Kier alpha value is -5.47. The van der Waals surface area contributed by atoms with E-state index in [-0.39, 0.29) is 29.2 Å². The maximum atomic E-state index is 12.0. The molecule has 2 aliphatic heterocycles. The molecule has 0 fully saturated rings. The number of rotatable bonds is 14. The van der Waals surface area contributed by atoms with Crippen LogP contribution < -0.4 is 4.90 Å². The molecule has 0 atom stereocenters. The Bertz CT molecular complexity index is 2150. The molecule has 2 heterocycles. The van der Waals surface area contributed by atoms with Crippen LogP contribution in [0.1, 0.15) is 70.1 Å². The number of carbonyl (C=O) groups is 1. The van der Waals surface area contributed by atoms with E-state index in [1.165, 1.54) is 24.3 Å². The number of nitrogens with zero attached hydrogens (tertiary/aromatic N) is 4. The maximum Gasteiger partial charge on any atom is 0.303 e. The first-order chi connectivity index (χ1) is 24.4. The molecule has 14 heteroatoms. The van der Waals surface area contributed by atoms with E-state index < -0.39 is 36.8 Å². The van der Waals surface area contributed by atoms with Crippen molar-refractivity contribution in [2.75, 3.05) is 11.4 Å². The summed E-state index contributed by atoms with van der Waals surface area (Å²) in [4.78, 5) is 34.8. The molecule has 5 rings (SSSR count). The number of hydrogen-bond donors (Lipinski definition) is 2. The molecule has 0 saturated heterocycles. The number of non-ortho nitro benzene ring substituents is 2. The minimum atomic E-state index is -4.42. The molecule has 0 saturated carbocycles. The van der Waals surface area contributed by atoms with Gasteiger partial charge < -0.3 is 10.0 Å². The van der Waals surface area contributed by atoms with Crippen molar-refractivity contribution in [2.45, 2.75) is 75.6 Å². The first-order valence-electron chi connectivity index (χ1n) is 16.8. The number of nitro benzene ring substituents is 2. The number of unbranched alkanes of at least 4 members (excludes halogenated alkanes) is 2. The van der Waals surface area contributed by atoms with Crippen LogP contribution in [0, 0.1) is 20.2 Å². The van der Waals surface area contributed by atoms with Gasteiger partial charge in [0.1, 0.15) is 0 Å². The largest absolute Gasteiger partial charge is 0.481 e. The van der Waals surface area contributed by atoms with Gasteiger partial charge in [-0.15, -0.1) is 0 Å². The Morgan fingerprint density at radius 2 is 1.54 bits per heavy atom. The molecule has 0 aromatic heterocycles. The van der Waals surface area contributed by atoms with Crippen LogP contribution in [0.5, 0.6) is 0 Å². The second kappa shape index (κ2) is 14.6. The van der Waals surface area contributed by atoms with E-state index in [1.54, 1.807) is 6.07 Å². The molecule has 272 valence electrons. The summed E-state index contributed by atoms with van der Waals surface area (Å²) in [5.41, 5.74) is 3.86. The zero-order valence-electron chi connectivity index (χ0n) is 29.4. The van der Waals surface area contributed by atoms with Gasteiger partial charge in [-0.3, -0.25) is 29.6 Å². The number of fused-ring (bicyclic) bond motifs is 2. The summed E-state index contributed by atoms with van der Waals surface area (Å²) in [7, 11) is -4.42. The van der Waals surface area contributed by atoms with Crippen LogP contribution in [-0.4, -0.2) is 50.7 Å². The number of hydrogen-bond acceptors (Lipinski definition) is 8. The second-order valence-electron chi connectivity index (χ2n) is 13.9. The molecule has 0 spiro atoms. The second-order valence-corrected chi connectivity index (χ2v) is 15.3. The van der Waals surface area contributed by atoms with Crippen LogP contribution in [0.2, 0.25) is 0 Å². The van der Waals surface area contributed by atoms with Crippen molar-refractivity contribution in [1.82, 2.24) is 0 Å². The highest BCUT2D eigenvalue weighted by molar-refractivity contribution is 7.85. The highest BCUT2D eigenvalue weighted by atomic mass is 32.2. The smallest absolute Gasteiger partial charge is 0.303 e. The number of aliphatic carboxylic acids is 1. The monoisotopic (exact) mass is 729 g/mol. The molecule has 0 amide bonds. The third-order valence-corrected chi connectivity index (χ3v) is 10.5. The van der Waals surface area contributed by atoms with Crippen molar-refractivity contribution >= 4 is 44.5 Å². The van der Waals surface area contributed by atoms with Gasteiger partial charge in [0.15, 0.2) is 12.3 Å². The Morgan fingerprint density at radius 1 is 0.865 bits per heavy atom. The first-order valence-corrected chi connectivity index (χ1v) is 18.2. The highest BCUT2D eigenvalue weighted by Crippen LogP contribution is 2.48. The van der Waals surface area contributed by atoms with Gasteiger partial charge in [0.2, 0.25) is 5.69 Å². The molecule has 2 N–H and O–H groups in total. The SMILES string of the molecule is CC1(C)C(/C=C/C=C/C=C2\N(CCCCCC(=O)O)c3ccc(S(=O)(=O)O)cc3C2(C)C)=[N+](Cc2cc([N+](=O)[O-])cc([N+](=O)[O-])c2)c2ccccc21. The fraction of sp³-hybridized carbons (Fsp3) is 0.316. The number of allylic oxidation sites excluding steroid dienone is 6. The summed E-state index contributed by atoms with van der Waals surface area (Å²) >= 11 is 0. The Morgan fingerprint density at radius 3 is 2.17 bits per heavy atom. The average Bonchev–Trinajstić information content (AvgIpc) is 3.41. The van der Waals surface area contributed by atoms with E-state index in [0.29, 0.717) is 31.4 Å². The van der Waals surface area contributed by atoms with Crippen LogP contribution in [0.15, 0.2) is 102 Å². The summed E-state index contributed by atoms with van der Waals surface area (Å²) in [5, 5.41) is 32.2. The van der Waals surface area contributed by atoms with Gasteiger partial charge in [-0.25, -0.2) is 0 Å². The zero-order chi connectivity index (χ0) is 38.0. The molecular formula is C38H41N4O9S+. The molecule has 2 aliphatic rings. The van der Waals surface area contributed by atoms with Gasteiger partial charge in [0.25, 0.3) is 21.5 Å². The number of carboxylic acids is 1. The predicted molar refractivity (Wildman–Crippen MR) is 197 cm³/mol. The Kier molecular flexibility index (Phi) is 10.6. The number of para-hydroxylation sites is 1. The van der Waals surface area contributed by atoms with Crippen molar-refractivity contribution in [2.24, 2.45) is 0 Å². The van der Waals surface area contributed by atoms with Crippen molar-refractivity contribution in [3.63, 3.8) is 0 Å². The lowest BCUT2D eigenvalue weighted by Gasteiger charge is -2.27. The number of nitro groups is 2. The van der Waals surface area contributed by atoms with Crippen LogP contribution in [0.25, 0.3) is 0 Å². The lowest BCUT2D eigenvalue weighted by molar-refractivity contribution is -0.455. The van der Waals surface area contributed by atoms with Gasteiger partial charge in [0.05, 0.1) is 26.2 Å². The maximum absolute atomic E-state index is 12.0. The van der Waals surface area contributed by atoms with E-state index in [9.17, 15) is 38.0 Å². The predicted octanol–water partition coefficient (Wildman–Crippen LogP) is 7.77. The molecule has 0 aliphatic carbocycles. The summed E-state index contributed by atoms with van der Waals surface area (Å²) in [6.45, 7) is 8.83. The van der Waals surface area contributed by atoms with Gasteiger partial charge in [-0.1, -0.05) is 56.7 Å². The zero-order valence-corrected chi connectivity index (χ0v) is 30.2. The van der Waals surface area contributed by atoms with Gasteiger partial charge in [-0.05, 0) is 56.5 Å². The summed E-state index contributed by atoms with van der Waals surface area (Å²) < 4.78 is 35.7. The van der Waals surface area contributed by atoms with Crippen molar-refractivity contribution in [3.05, 3.63) is 134 Å². The first kappa shape index (κ1) is 37.8. The van der Waals surface area contributed by atoms with E-state index in [4.69, 9.17) is 5.11 Å². The minimum Gasteiger partial charge on any atom is -0.481 e. The van der Waals surface area contributed by atoms with E-state index >= 15 is 0 Å². The van der Waals surface area contributed by atoms with Crippen LogP contribution >= 0.6 is 0 Å². The molecule has 0 bridgehead atoms. The quantitative estimate of drug-likeness (QED) is 0.0415. The molecule has 52 heavy (non-hydrogen) atoms. The third kappa shape index (κ3) is 7.72. The standard InChI is InChI=1S/C38H40N4O9S/c1-37(2)30-13-10-11-14-32(30)40(25-26-21-27(41(45)46)23-28(22-26)42(47)48)35(37)16-8-5-7-15-34-38(3,4)31-24-29(52(49,50)51)18-19-33(31)39(34)20-12-6-9-17-36(43)44/h5,7-8,10-11,13-16,18-19,21-24H,6,9,12,17,20,25H2,1-4H3,(H-,43,44,49,50,51)/p+1. The molecule has 3 aromatic rings. The van der Waals surface area contributed by atoms with E-state index in [0.717, 1.165) is 40.0 Å². The van der Waals surface area contributed by atoms with Gasteiger partial charge in [0, 0.05) is 65.2 Å². The molecule has 3 aromatic carbocycles. The fourth-order valence-corrected chi connectivity index (χ4v) is 7.60. The normalized spacial score (nSPS) is 16.9. The molecule has 0 unspecified atom stereocenters. The third-order valence-electron chi connectivity index (χ3n) is 9.69. The summed E-state index contributed by atoms with van der Waals surface area (Å²) in [5.74, 6) is -0.844. The van der Waals surface area contributed by atoms with Crippen molar-refractivity contribution in [3.8, 4) is 0 Å². The molecular weight excluding hydrogens is 689 g/mol. The Labute approximate surface area is 302 Å². The topological polar surface area (TPSA) is 184 Å². The lowest BCUT2D eigenvalue weighted by atomic mass is 9.81. The highest BCUT2D eigenvalue weighted by Gasteiger charge is 2.44. The van der Waals surface area contributed by atoms with Gasteiger partial charge in [-0.2, -0.15) is 13.0 Å². The van der Waals surface area contributed by atoms with Crippen LogP contribution in [0.4, 0.5) is 22.7 Å². The van der Waals surface area contributed by atoms with Crippen molar-refractivity contribution in [1.29, 1.82) is 0 Å². The summed E-state index contributed by atoms with van der Waals surface area (Å²) in [6, 6.07) is 16.0. The number of benzene rings is 3. The number of anilines is 1. The van der Waals surface area contributed by atoms with E-state index in [2.05, 4.69) is 18.7 Å². The Balaban J connectivity index is 1.49. The number of carboxylic acid groups (broad SMARTS) is 1.